The summed E-state index contributed by atoms with van der Waals surface area (Å²) in [7, 11) is 0. The lowest BCUT2D eigenvalue weighted by Crippen LogP contribution is -2.19. The van der Waals surface area contributed by atoms with Crippen molar-refractivity contribution in [2.75, 3.05) is 6.61 Å². The van der Waals surface area contributed by atoms with Crippen LogP contribution in [0.25, 0.3) is 0 Å². The molecular formula is C11H22O2. The van der Waals surface area contributed by atoms with Crippen LogP contribution >= 0.6 is 0 Å². The van der Waals surface area contributed by atoms with Gasteiger partial charge in [-0.1, -0.05) is 6.92 Å². The van der Waals surface area contributed by atoms with Crippen molar-refractivity contribution in [2.45, 2.75) is 64.1 Å². The molecule has 1 saturated carbocycles. The molecule has 0 unspecified atom stereocenters. The number of hydrogen-bond acceptors (Lipinski definition) is 2. The lowest BCUT2D eigenvalue weighted by Gasteiger charge is -2.22. The fourth-order valence-electron chi connectivity index (χ4n) is 1.90. The maximum absolute atomic E-state index is 9.44. The Morgan fingerprint density at radius 2 is 1.77 bits per heavy atom. The third-order valence-corrected chi connectivity index (χ3v) is 2.68. The van der Waals surface area contributed by atoms with Crippen molar-refractivity contribution in [1.29, 1.82) is 0 Å². The summed E-state index contributed by atoms with van der Waals surface area (Å²) in [5, 5.41) is 9.44. The Morgan fingerprint density at radius 1 is 1.15 bits per heavy atom. The predicted octanol–water partition coefficient (Wildman–Crippen LogP) is 2.50. The van der Waals surface area contributed by atoms with Crippen LogP contribution in [0.15, 0.2) is 0 Å². The van der Waals surface area contributed by atoms with Crippen molar-refractivity contribution >= 4 is 0 Å². The fraction of sp³-hybridized carbons (Fsp3) is 1.00. The van der Waals surface area contributed by atoms with E-state index in [1.807, 2.05) is 0 Å². The summed E-state index contributed by atoms with van der Waals surface area (Å²) in [6, 6.07) is 0. The van der Waals surface area contributed by atoms with Gasteiger partial charge in [0.2, 0.25) is 0 Å². The van der Waals surface area contributed by atoms with Gasteiger partial charge in [0.05, 0.1) is 12.2 Å². The van der Waals surface area contributed by atoms with Crippen molar-refractivity contribution in [3.8, 4) is 0 Å². The van der Waals surface area contributed by atoms with E-state index in [-0.39, 0.29) is 6.10 Å². The summed E-state index contributed by atoms with van der Waals surface area (Å²) in [4.78, 5) is 0. The maximum Gasteiger partial charge on any atom is 0.0575 e. The molecule has 0 aromatic carbocycles. The summed E-state index contributed by atoms with van der Waals surface area (Å²) >= 11 is 0. The van der Waals surface area contributed by atoms with Gasteiger partial charge in [-0.3, -0.25) is 0 Å². The van der Waals surface area contributed by atoms with Crippen molar-refractivity contribution in [2.24, 2.45) is 0 Å². The molecule has 1 N–H and O–H groups in total. The first-order chi connectivity index (χ1) is 6.33. The molecule has 13 heavy (non-hydrogen) atoms. The van der Waals surface area contributed by atoms with Gasteiger partial charge >= 0.3 is 0 Å². The lowest BCUT2D eigenvalue weighted by molar-refractivity contribution is 0.0249. The summed E-state index contributed by atoms with van der Waals surface area (Å²) in [5.41, 5.74) is 0. The highest BCUT2D eigenvalue weighted by molar-refractivity contribution is 4.67. The van der Waals surface area contributed by atoms with Gasteiger partial charge < -0.3 is 9.84 Å². The Bertz CT molecular complexity index is 115. The van der Waals surface area contributed by atoms with E-state index in [4.69, 9.17) is 4.74 Å². The number of hydrogen-bond donors (Lipinski definition) is 1. The molecule has 0 amide bonds. The average Bonchev–Trinajstić information content (AvgIpc) is 2.09. The molecule has 1 fully saturated rings. The van der Waals surface area contributed by atoms with Gasteiger partial charge in [0, 0.05) is 6.61 Å². The van der Waals surface area contributed by atoms with Crippen molar-refractivity contribution in [1.82, 2.24) is 0 Å². The van der Waals surface area contributed by atoms with E-state index in [1.165, 1.54) is 0 Å². The quantitative estimate of drug-likeness (QED) is 0.733. The van der Waals surface area contributed by atoms with Crippen LogP contribution in [0.2, 0.25) is 0 Å². The topological polar surface area (TPSA) is 29.5 Å². The number of aliphatic hydroxyl groups is 1. The third-order valence-electron chi connectivity index (χ3n) is 2.68. The molecule has 0 heterocycles. The molecule has 2 nitrogen and oxygen atoms in total. The Labute approximate surface area is 81.3 Å². The minimum atomic E-state index is -0.0490. The third kappa shape index (κ3) is 4.63. The number of aliphatic hydroxyl groups excluding tert-OH is 1. The summed E-state index contributed by atoms with van der Waals surface area (Å²) < 4.78 is 5.72. The molecule has 1 rings (SSSR count). The second-order valence-corrected chi connectivity index (χ2v) is 4.01. The highest BCUT2D eigenvalue weighted by atomic mass is 16.5. The zero-order chi connectivity index (χ0) is 9.52. The van der Waals surface area contributed by atoms with Gasteiger partial charge in [-0.05, 0) is 44.9 Å². The van der Waals surface area contributed by atoms with E-state index in [0.717, 1.165) is 51.6 Å². The van der Waals surface area contributed by atoms with Crippen molar-refractivity contribution in [3.63, 3.8) is 0 Å². The molecule has 0 atom stereocenters. The molecule has 0 aromatic heterocycles. The van der Waals surface area contributed by atoms with Gasteiger partial charge in [-0.25, -0.2) is 0 Å². The molecule has 2 heteroatoms. The van der Waals surface area contributed by atoms with Crippen LogP contribution in [-0.2, 0) is 4.74 Å². The highest BCUT2D eigenvalue weighted by Gasteiger charge is 2.14. The Kier molecular flexibility index (Phi) is 5.40. The first kappa shape index (κ1) is 11.0. The first-order valence-corrected chi connectivity index (χ1v) is 5.62. The fourth-order valence-corrected chi connectivity index (χ4v) is 1.90. The Balaban J connectivity index is 2.16. The summed E-state index contributed by atoms with van der Waals surface area (Å²) in [5.74, 6) is 0. The molecule has 0 aliphatic heterocycles. The molecule has 1 aliphatic carbocycles. The molecule has 0 saturated heterocycles. The molecule has 0 radical (unpaired) electrons. The van der Waals surface area contributed by atoms with E-state index < -0.39 is 0 Å². The zero-order valence-corrected chi connectivity index (χ0v) is 8.67. The smallest absolute Gasteiger partial charge is 0.0575 e. The molecule has 0 bridgehead atoms. The van der Waals surface area contributed by atoms with E-state index >= 15 is 0 Å². The van der Waals surface area contributed by atoms with Crippen LogP contribution < -0.4 is 0 Å². The second kappa shape index (κ2) is 6.39. The number of ether oxygens (including phenoxy) is 1. The van der Waals surface area contributed by atoms with Gasteiger partial charge in [-0.2, -0.15) is 0 Å². The van der Waals surface area contributed by atoms with Gasteiger partial charge in [0.1, 0.15) is 0 Å². The molecule has 78 valence electrons. The Morgan fingerprint density at radius 3 is 2.31 bits per heavy atom. The largest absolute Gasteiger partial charge is 0.393 e. The average molecular weight is 186 g/mol. The SMILES string of the molecule is CCCOC1CCCC(O)CCC1. The zero-order valence-electron chi connectivity index (χ0n) is 8.67. The predicted molar refractivity (Wildman–Crippen MR) is 53.7 cm³/mol. The molecule has 1 aliphatic rings. The van der Waals surface area contributed by atoms with Crippen LogP contribution in [0.1, 0.15) is 51.9 Å². The molecule has 0 spiro atoms. The second-order valence-electron chi connectivity index (χ2n) is 4.01. The van der Waals surface area contributed by atoms with Crippen LogP contribution in [0, 0.1) is 0 Å². The van der Waals surface area contributed by atoms with Crippen LogP contribution in [0.5, 0.6) is 0 Å². The van der Waals surface area contributed by atoms with Gasteiger partial charge in [0.25, 0.3) is 0 Å². The van der Waals surface area contributed by atoms with E-state index in [1.54, 1.807) is 0 Å². The van der Waals surface area contributed by atoms with E-state index in [2.05, 4.69) is 6.92 Å². The summed E-state index contributed by atoms with van der Waals surface area (Å²) in [6.07, 6.45) is 7.97. The molecule has 0 aromatic rings. The number of rotatable bonds is 3. The van der Waals surface area contributed by atoms with Crippen LogP contribution in [0.3, 0.4) is 0 Å². The molecular weight excluding hydrogens is 164 g/mol. The first-order valence-electron chi connectivity index (χ1n) is 5.62. The van der Waals surface area contributed by atoms with Crippen LogP contribution in [0.4, 0.5) is 0 Å². The standard InChI is InChI=1S/C11H22O2/c1-2-9-13-11-7-3-5-10(12)6-4-8-11/h10-12H,2-9H2,1H3. The van der Waals surface area contributed by atoms with Crippen molar-refractivity contribution < 1.29 is 9.84 Å². The lowest BCUT2D eigenvalue weighted by atomic mass is 9.97. The monoisotopic (exact) mass is 186 g/mol. The van der Waals surface area contributed by atoms with Gasteiger partial charge in [0.15, 0.2) is 0 Å². The van der Waals surface area contributed by atoms with E-state index in [0.29, 0.717) is 6.10 Å². The van der Waals surface area contributed by atoms with Crippen LogP contribution in [-0.4, -0.2) is 23.9 Å². The van der Waals surface area contributed by atoms with E-state index in [9.17, 15) is 5.11 Å². The Hall–Kier alpha value is -0.0800. The summed E-state index contributed by atoms with van der Waals surface area (Å²) in [6.45, 7) is 3.04. The minimum absolute atomic E-state index is 0.0490. The van der Waals surface area contributed by atoms with Crippen molar-refractivity contribution in [3.05, 3.63) is 0 Å². The minimum Gasteiger partial charge on any atom is -0.393 e. The normalized spacial score (nSPS) is 30.9. The highest BCUT2D eigenvalue weighted by Crippen LogP contribution is 2.19. The maximum atomic E-state index is 9.44. The van der Waals surface area contributed by atoms with Gasteiger partial charge in [-0.15, -0.1) is 0 Å².